The lowest BCUT2D eigenvalue weighted by Gasteiger charge is -2.32. The highest BCUT2D eigenvalue weighted by Gasteiger charge is 2.12. The molecule has 4 heteroatoms. The van der Waals surface area contributed by atoms with Crippen molar-refractivity contribution in [1.29, 1.82) is 0 Å². The summed E-state index contributed by atoms with van der Waals surface area (Å²) in [7, 11) is 2.19. The maximum atomic E-state index is 5.79. The molecule has 1 aliphatic rings. The van der Waals surface area contributed by atoms with E-state index < -0.39 is 0 Å². The molecule has 0 unspecified atom stereocenters. The van der Waals surface area contributed by atoms with Crippen LogP contribution >= 0.6 is 0 Å². The Labute approximate surface area is 128 Å². The Kier molecular flexibility index (Phi) is 6.83. The highest BCUT2D eigenvalue weighted by molar-refractivity contribution is 5.31. The van der Waals surface area contributed by atoms with E-state index in [0.717, 1.165) is 44.1 Å². The second-order valence-electron chi connectivity index (χ2n) is 5.67. The van der Waals surface area contributed by atoms with E-state index in [4.69, 9.17) is 9.47 Å². The number of piperazine rings is 1. The molecule has 1 fully saturated rings. The van der Waals surface area contributed by atoms with E-state index in [1.807, 2.05) is 24.3 Å². The molecular formula is C17H28N2O2. The van der Waals surface area contributed by atoms with Gasteiger partial charge < -0.3 is 19.3 Å². The standard InChI is InChI=1S/C17H28N2O2/c1-3-14-20-16-5-7-17(8-6-16)21-15-4-9-19-12-10-18(2)11-13-19/h5-8H,3-4,9-15H2,1-2H3. The van der Waals surface area contributed by atoms with Gasteiger partial charge in [-0.3, -0.25) is 0 Å². The van der Waals surface area contributed by atoms with Gasteiger partial charge in [-0.25, -0.2) is 0 Å². The van der Waals surface area contributed by atoms with E-state index in [1.165, 1.54) is 26.2 Å². The van der Waals surface area contributed by atoms with Crippen molar-refractivity contribution in [1.82, 2.24) is 9.80 Å². The van der Waals surface area contributed by atoms with Crippen molar-refractivity contribution in [2.24, 2.45) is 0 Å². The van der Waals surface area contributed by atoms with Gasteiger partial charge in [0.05, 0.1) is 13.2 Å². The number of hydrogen-bond donors (Lipinski definition) is 0. The van der Waals surface area contributed by atoms with Crippen LogP contribution in [0.25, 0.3) is 0 Å². The van der Waals surface area contributed by atoms with Crippen molar-refractivity contribution in [3.63, 3.8) is 0 Å². The number of likely N-dealkylation sites (N-methyl/N-ethyl adjacent to an activating group) is 1. The molecule has 1 saturated heterocycles. The van der Waals surface area contributed by atoms with Crippen LogP contribution in [-0.4, -0.2) is 62.8 Å². The van der Waals surface area contributed by atoms with Crippen LogP contribution in [-0.2, 0) is 0 Å². The summed E-state index contributed by atoms with van der Waals surface area (Å²) in [6, 6.07) is 7.93. The predicted molar refractivity (Wildman–Crippen MR) is 86.3 cm³/mol. The van der Waals surface area contributed by atoms with Gasteiger partial charge in [0.15, 0.2) is 0 Å². The molecule has 0 bridgehead atoms. The molecule has 1 aromatic carbocycles. The number of nitrogens with zero attached hydrogens (tertiary/aromatic N) is 2. The quantitative estimate of drug-likeness (QED) is 0.687. The number of hydrogen-bond acceptors (Lipinski definition) is 4. The zero-order valence-corrected chi connectivity index (χ0v) is 13.4. The van der Waals surface area contributed by atoms with Gasteiger partial charge in [0, 0.05) is 32.7 Å². The van der Waals surface area contributed by atoms with Crippen molar-refractivity contribution in [2.45, 2.75) is 19.8 Å². The molecule has 0 spiro atoms. The molecule has 1 aliphatic heterocycles. The van der Waals surface area contributed by atoms with Crippen LogP contribution in [0.1, 0.15) is 19.8 Å². The van der Waals surface area contributed by atoms with Gasteiger partial charge in [0.25, 0.3) is 0 Å². The van der Waals surface area contributed by atoms with Crippen molar-refractivity contribution < 1.29 is 9.47 Å². The van der Waals surface area contributed by atoms with Crippen molar-refractivity contribution in [3.05, 3.63) is 24.3 Å². The zero-order valence-electron chi connectivity index (χ0n) is 13.4. The summed E-state index contributed by atoms with van der Waals surface area (Å²) >= 11 is 0. The van der Waals surface area contributed by atoms with E-state index in [-0.39, 0.29) is 0 Å². The molecule has 0 atom stereocenters. The molecule has 1 heterocycles. The maximum absolute atomic E-state index is 5.79. The molecular weight excluding hydrogens is 264 g/mol. The second kappa shape index (κ2) is 8.90. The topological polar surface area (TPSA) is 24.9 Å². The van der Waals surface area contributed by atoms with Gasteiger partial charge >= 0.3 is 0 Å². The van der Waals surface area contributed by atoms with Crippen LogP contribution in [0.15, 0.2) is 24.3 Å². The van der Waals surface area contributed by atoms with Gasteiger partial charge in [-0.05, 0) is 44.2 Å². The van der Waals surface area contributed by atoms with Crippen LogP contribution in [0.5, 0.6) is 11.5 Å². The lowest BCUT2D eigenvalue weighted by atomic mass is 10.3. The Balaban J connectivity index is 1.60. The van der Waals surface area contributed by atoms with Gasteiger partial charge in [-0.15, -0.1) is 0 Å². The molecule has 2 rings (SSSR count). The van der Waals surface area contributed by atoms with E-state index in [0.29, 0.717) is 0 Å². The van der Waals surface area contributed by atoms with E-state index in [9.17, 15) is 0 Å². The smallest absolute Gasteiger partial charge is 0.119 e. The number of benzene rings is 1. The molecule has 0 aliphatic carbocycles. The van der Waals surface area contributed by atoms with Crippen LogP contribution in [0, 0.1) is 0 Å². The molecule has 1 aromatic rings. The normalized spacial score (nSPS) is 16.9. The zero-order chi connectivity index (χ0) is 14.9. The predicted octanol–water partition coefficient (Wildman–Crippen LogP) is 2.49. The van der Waals surface area contributed by atoms with E-state index in [2.05, 4.69) is 23.8 Å². The summed E-state index contributed by atoms with van der Waals surface area (Å²) in [6.07, 6.45) is 2.11. The fourth-order valence-electron chi connectivity index (χ4n) is 2.40. The third kappa shape index (κ3) is 5.94. The van der Waals surface area contributed by atoms with Gasteiger partial charge in [-0.2, -0.15) is 0 Å². The minimum absolute atomic E-state index is 0.769. The average molecular weight is 292 g/mol. The molecule has 0 amide bonds. The molecule has 118 valence electrons. The van der Waals surface area contributed by atoms with E-state index >= 15 is 0 Å². The Hall–Kier alpha value is -1.26. The largest absolute Gasteiger partial charge is 0.494 e. The van der Waals surface area contributed by atoms with Crippen LogP contribution in [0.3, 0.4) is 0 Å². The summed E-state index contributed by atoms with van der Waals surface area (Å²) in [6.45, 7) is 9.51. The molecule has 0 radical (unpaired) electrons. The summed E-state index contributed by atoms with van der Waals surface area (Å²) in [5.41, 5.74) is 0. The van der Waals surface area contributed by atoms with Crippen molar-refractivity contribution >= 4 is 0 Å². The maximum Gasteiger partial charge on any atom is 0.119 e. The first-order valence-corrected chi connectivity index (χ1v) is 8.04. The third-order valence-corrected chi connectivity index (χ3v) is 3.78. The second-order valence-corrected chi connectivity index (χ2v) is 5.67. The van der Waals surface area contributed by atoms with E-state index in [1.54, 1.807) is 0 Å². The van der Waals surface area contributed by atoms with Gasteiger partial charge in [0.2, 0.25) is 0 Å². The first-order valence-electron chi connectivity index (χ1n) is 8.04. The molecule has 0 saturated carbocycles. The first kappa shape index (κ1) is 16.1. The Morgan fingerprint density at radius 3 is 2.05 bits per heavy atom. The highest BCUT2D eigenvalue weighted by atomic mass is 16.5. The van der Waals surface area contributed by atoms with Gasteiger partial charge in [0.1, 0.15) is 11.5 Å². The Morgan fingerprint density at radius 1 is 0.905 bits per heavy atom. The first-order chi connectivity index (χ1) is 10.3. The van der Waals surface area contributed by atoms with Crippen LogP contribution < -0.4 is 9.47 Å². The fraction of sp³-hybridized carbons (Fsp3) is 0.647. The fourth-order valence-corrected chi connectivity index (χ4v) is 2.40. The summed E-state index contributed by atoms with van der Waals surface area (Å²) in [5.74, 6) is 1.85. The Morgan fingerprint density at radius 2 is 1.48 bits per heavy atom. The SMILES string of the molecule is CCCOc1ccc(OCCCN2CCN(C)CC2)cc1. The minimum atomic E-state index is 0.769. The Bertz CT molecular complexity index is 386. The summed E-state index contributed by atoms with van der Waals surface area (Å²) in [5, 5.41) is 0. The molecule has 0 N–H and O–H groups in total. The average Bonchev–Trinajstić information content (AvgIpc) is 2.52. The number of rotatable bonds is 8. The van der Waals surface area contributed by atoms with Crippen LogP contribution in [0.2, 0.25) is 0 Å². The van der Waals surface area contributed by atoms with Gasteiger partial charge in [-0.1, -0.05) is 6.92 Å². The molecule has 0 aromatic heterocycles. The van der Waals surface area contributed by atoms with Crippen molar-refractivity contribution in [3.8, 4) is 11.5 Å². The lowest BCUT2D eigenvalue weighted by Crippen LogP contribution is -2.44. The minimum Gasteiger partial charge on any atom is -0.494 e. The molecule has 4 nitrogen and oxygen atoms in total. The summed E-state index contributed by atoms with van der Waals surface area (Å²) < 4.78 is 11.3. The lowest BCUT2D eigenvalue weighted by molar-refractivity contribution is 0.145. The monoisotopic (exact) mass is 292 g/mol. The summed E-state index contributed by atoms with van der Waals surface area (Å²) in [4.78, 5) is 4.90. The van der Waals surface area contributed by atoms with Crippen molar-refractivity contribution in [2.75, 3.05) is 53.0 Å². The number of ether oxygens (including phenoxy) is 2. The molecule has 21 heavy (non-hydrogen) atoms. The van der Waals surface area contributed by atoms with Crippen LogP contribution in [0.4, 0.5) is 0 Å². The highest BCUT2D eigenvalue weighted by Crippen LogP contribution is 2.17. The third-order valence-electron chi connectivity index (χ3n) is 3.78.